The first-order chi connectivity index (χ1) is 14.0. The second-order valence-electron chi connectivity index (χ2n) is 7.55. The fourth-order valence-electron chi connectivity index (χ4n) is 3.69. The molecule has 1 atom stereocenters. The van der Waals surface area contributed by atoms with Crippen LogP contribution in [0.25, 0.3) is 0 Å². The van der Waals surface area contributed by atoms with Crippen molar-refractivity contribution in [3.8, 4) is 0 Å². The number of rotatable bonds is 5. The zero-order valence-corrected chi connectivity index (χ0v) is 16.7. The summed E-state index contributed by atoms with van der Waals surface area (Å²) in [4.78, 5) is 29.5. The molecule has 0 aromatic heterocycles. The van der Waals surface area contributed by atoms with E-state index in [0.717, 1.165) is 24.5 Å². The van der Waals surface area contributed by atoms with Crippen LogP contribution < -0.4 is 5.32 Å². The van der Waals surface area contributed by atoms with Gasteiger partial charge in [-0.1, -0.05) is 41.9 Å². The predicted octanol–water partition coefficient (Wildman–Crippen LogP) is 3.26. The van der Waals surface area contributed by atoms with Crippen molar-refractivity contribution in [1.82, 2.24) is 15.1 Å². The van der Waals surface area contributed by atoms with Crippen LogP contribution in [0.3, 0.4) is 0 Å². The molecular formula is C22H23ClFN3O2. The van der Waals surface area contributed by atoms with Gasteiger partial charge in [0.2, 0.25) is 5.91 Å². The molecule has 7 heteroatoms. The van der Waals surface area contributed by atoms with Crippen molar-refractivity contribution in [2.75, 3.05) is 26.2 Å². The van der Waals surface area contributed by atoms with E-state index in [1.165, 1.54) is 12.1 Å². The maximum atomic E-state index is 13.3. The van der Waals surface area contributed by atoms with Crippen LogP contribution in [0.2, 0.25) is 5.02 Å². The van der Waals surface area contributed by atoms with Crippen molar-refractivity contribution in [3.05, 3.63) is 70.5 Å². The third-order valence-corrected chi connectivity index (χ3v) is 5.73. The Balaban J connectivity index is 1.46. The van der Waals surface area contributed by atoms with Crippen LogP contribution in [0, 0.1) is 5.82 Å². The molecule has 2 fully saturated rings. The average Bonchev–Trinajstić information content (AvgIpc) is 3.53. The van der Waals surface area contributed by atoms with Crippen LogP contribution in [0.1, 0.15) is 34.8 Å². The van der Waals surface area contributed by atoms with Gasteiger partial charge in [0.15, 0.2) is 0 Å². The number of carbonyl (C=O) groups is 2. The first kappa shape index (κ1) is 19.9. The molecule has 152 valence electrons. The molecule has 1 saturated heterocycles. The van der Waals surface area contributed by atoms with Gasteiger partial charge in [0.25, 0.3) is 5.91 Å². The van der Waals surface area contributed by atoms with Crippen LogP contribution >= 0.6 is 11.6 Å². The number of hydrogen-bond donors (Lipinski definition) is 1. The predicted molar refractivity (Wildman–Crippen MR) is 109 cm³/mol. The van der Waals surface area contributed by atoms with E-state index < -0.39 is 5.82 Å². The van der Waals surface area contributed by atoms with Crippen molar-refractivity contribution >= 4 is 23.4 Å². The van der Waals surface area contributed by atoms with Gasteiger partial charge in [-0.15, -0.1) is 0 Å². The summed E-state index contributed by atoms with van der Waals surface area (Å²) in [6, 6.07) is 13.5. The third kappa shape index (κ3) is 4.60. The van der Waals surface area contributed by atoms with E-state index in [2.05, 4.69) is 10.2 Å². The van der Waals surface area contributed by atoms with Gasteiger partial charge >= 0.3 is 0 Å². The number of carbonyl (C=O) groups excluding carboxylic acids is 2. The van der Waals surface area contributed by atoms with E-state index in [4.69, 9.17) is 11.6 Å². The minimum absolute atomic E-state index is 0.0139. The summed E-state index contributed by atoms with van der Waals surface area (Å²) < 4.78 is 13.3. The van der Waals surface area contributed by atoms with Crippen LogP contribution in [0.4, 0.5) is 4.39 Å². The molecule has 0 radical (unpaired) electrons. The Hall–Kier alpha value is -2.44. The number of amides is 2. The molecule has 1 saturated carbocycles. The van der Waals surface area contributed by atoms with Crippen LogP contribution in [-0.2, 0) is 4.79 Å². The molecular weight excluding hydrogens is 393 g/mol. The highest BCUT2D eigenvalue weighted by Gasteiger charge is 2.34. The maximum absolute atomic E-state index is 13.3. The summed E-state index contributed by atoms with van der Waals surface area (Å²) >= 11 is 6.05. The van der Waals surface area contributed by atoms with Gasteiger partial charge < -0.3 is 10.2 Å². The van der Waals surface area contributed by atoms with Crippen LogP contribution in [-0.4, -0.2) is 53.8 Å². The van der Waals surface area contributed by atoms with E-state index >= 15 is 0 Å². The Bertz CT molecular complexity index is 896. The molecule has 0 bridgehead atoms. The molecule has 1 N–H and O–H groups in total. The van der Waals surface area contributed by atoms with Gasteiger partial charge in [0.1, 0.15) is 11.9 Å². The minimum atomic E-state index is -0.469. The van der Waals surface area contributed by atoms with E-state index in [1.807, 2.05) is 30.3 Å². The van der Waals surface area contributed by atoms with Crippen molar-refractivity contribution in [3.63, 3.8) is 0 Å². The van der Waals surface area contributed by atoms with Crippen molar-refractivity contribution in [2.45, 2.75) is 24.9 Å². The minimum Gasteiger partial charge on any atom is -0.352 e. The highest BCUT2D eigenvalue weighted by molar-refractivity contribution is 6.33. The Labute approximate surface area is 174 Å². The van der Waals surface area contributed by atoms with Gasteiger partial charge in [-0.2, -0.15) is 0 Å². The monoisotopic (exact) mass is 415 g/mol. The molecule has 29 heavy (non-hydrogen) atoms. The van der Waals surface area contributed by atoms with Gasteiger partial charge in [0, 0.05) is 32.2 Å². The van der Waals surface area contributed by atoms with E-state index in [1.54, 1.807) is 4.90 Å². The fraction of sp³-hybridized carbons (Fsp3) is 0.364. The second-order valence-corrected chi connectivity index (χ2v) is 7.96. The largest absolute Gasteiger partial charge is 0.352 e. The summed E-state index contributed by atoms with van der Waals surface area (Å²) in [7, 11) is 0. The first-order valence-electron chi connectivity index (χ1n) is 9.86. The Morgan fingerprint density at radius 2 is 1.72 bits per heavy atom. The maximum Gasteiger partial charge on any atom is 0.255 e. The fourth-order valence-corrected chi connectivity index (χ4v) is 3.94. The Morgan fingerprint density at radius 3 is 2.34 bits per heavy atom. The van der Waals surface area contributed by atoms with Crippen molar-refractivity contribution in [2.24, 2.45) is 0 Å². The summed E-state index contributed by atoms with van der Waals surface area (Å²) in [6.45, 7) is 2.10. The van der Waals surface area contributed by atoms with Gasteiger partial charge in [-0.3, -0.25) is 14.5 Å². The highest BCUT2D eigenvalue weighted by atomic mass is 35.5. The van der Waals surface area contributed by atoms with Crippen molar-refractivity contribution in [1.29, 1.82) is 0 Å². The SMILES string of the molecule is O=C(NC1CC1)C(c1ccccc1)N1CCN(C(=O)c2ccc(F)cc2Cl)CC1. The van der Waals surface area contributed by atoms with Gasteiger partial charge in [-0.25, -0.2) is 4.39 Å². The smallest absolute Gasteiger partial charge is 0.255 e. The lowest BCUT2D eigenvalue weighted by Crippen LogP contribution is -2.52. The quantitative estimate of drug-likeness (QED) is 0.815. The lowest BCUT2D eigenvalue weighted by molar-refractivity contribution is -0.127. The molecule has 5 nitrogen and oxygen atoms in total. The lowest BCUT2D eigenvalue weighted by Gasteiger charge is -2.39. The first-order valence-corrected chi connectivity index (χ1v) is 10.2. The second kappa shape index (κ2) is 8.51. The average molecular weight is 416 g/mol. The topological polar surface area (TPSA) is 52.7 Å². The zero-order chi connectivity index (χ0) is 20.4. The normalized spacial score (nSPS) is 18.3. The molecule has 2 aliphatic rings. The Kier molecular flexibility index (Phi) is 5.83. The molecule has 4 rings (SSSR count). The number of halogens is 2. The van der Waals surface area contributed by atoms with E-state index in [9.17, 15) is 14.0 Å². The molecule has 1 aliphatic carbocycles. The standard InChI is InChI=1S/C22H23ClFN3O2/c23-19-14-16(24)6-9-18(19)22(29)27-12-10-26(11-13-27)20(15-4-2-1-3-5-15)21(28)25-17-7-8-17/h1-6,9,14,17,20H,7-8,10-13H2,(H,25,28). The summed E-state index contributed by atoms with van der Waals surface area (Å²) in [5.41, 5.74) is 1.25. The molecule has 2 amide bonds. The molecule has 2 aromatic carbocycles. The number of hydrogen-bond acceptors (Lipinski definition) is 3. The van der Waals surface area contributed by atoms with Crippen molar-refractivity contribution < 1.29 is 14.0 Å². The zero-order valence-electron chi connectivity index (χ0n) is 16.0. The number of nitrogens with one attached hydrogen (secondary N) is 1. The number of nitrogens with zero attached hydrogens (tertiary/aromatic N) is 2. The van der Waals surface area contributed by atoms with Crippen LogP contribution in [0.5, 0.6) is 0 Å². The molecule has 0 spiro atoms. The summed E-state index contributed by atoms with van der Waals surface area (Å²) in [6.07, 6.45) is 2.07. The van der Waals surface area contributed by atoms with Crippen LogP contribution in [0.15, 0.2) is 48.5 Å². The van der Waals surface area contributed by atoms with Gasteiger partial charge in [-0.05, 0) is 36.6 Å². The van der Waals surface area contributed by atoms with E-state index in [0.29, 0.717) is 31.7 Å². The molecule has 1 aliphatic heterocycles. The molecule has 1 heterocycles. The lowest BCUT2D eigenvalue weighted by atomic mass is 10.0. The summed E-state index contributed by atoms with van der Waals surface area (Å²) in [5.74, 6) is -0.669. The Morgan fingerprint density at radius 1 is 1.03 bits per heavy atom. The summed E-state index contributed by atoms with van der Waals surface area (Å²) in [5, 5.41) is 3.22. The third-order valence-electron chi connectivity index (χ3n) is 5.42. The molecule has 2 aromatic rings. The molecule has 1 unspecified atom stereocenters. The highest BCUT2D eigenvalue weighted by Crippen LogP contribution is 2.27. The van der Waals surface area contributed by atoms with Gasteiger partial charge in [0.05, 0.1) is 10.6 Å². The number of benzene rings is 2. The number of piperazine rings is 1. The van der Waals surface area contributed by atoms with E-state index in [-0.39, 0.29) is 28.9 Å².